The predicted molar refractivity (Wildman–Crippen MR) is 133 cm³/mol. The number of nitrogens with zero attached hydrogens (tertiary/aromatic N) is 3. The van der Waals surface area contributed by atoms with Gasteiger partial charge in [-0.1, -0.05) is 24.3 Å². The molecular weight excluding hydrogens is 438 g/mol. The minimum absolute atomic E-state index is 0.0920. The van der Waals surface area contributed by atoms with Gasteiger partial charge in [-0.25, -0.2) is 9.78 Å². The number of nitrogens with one attached hydrogen (secondary N) is 2. The van der Waals surface area contributed by atoms with Crippen LogP contribution in [0.25, 0.3) is 11.3 Å². The van der Waals surface area contributed by atoms with Gasteiger partial charge in [-0.3, -0.25) is 0 Å². The molecule has 7 nitrogen and oxygen atoms in total. The van der Waals surface area contributed by atoms with Crippen LogP contribution >= 0.6 is 0 Å². The van der Waals surface area contributed by atoms with Gasteiger partial charge in [0.1, 0.15) is 0 Å². The number of aliphatic hydroxyl groups excluding tert-OH is 1. The number of nitriles is 1. The monoisotopic (exact) mass is 467 g/mol. The number of anilines is 1. The van der Waals surface area contributed by atoms with Gasteiger partial charge in [0.25, 0.3) is 0 Å². The highest BCUT2D eigenvalue weighted by Crippen LogP contribution is 2.56. The van der Waals surface area contributed by atoms with Gasteiger partial charge in [0.05, 0.1) is 42.0 Å². The van der Waals surface area contributed by atoms with Crippen LogP contribution < -0.4 is 10.6 Å². The van der Waals surface area contributed by atoms with E-state index in [1.807, 2.05) is 12.5 Å². The second-order valence-electron chi connectivity index (χ2n) is 10.5. The zero-order chi connectivity index (χ0) is 24.0. The predicted octanol–water partition coefficient (Wildman–Crippen LogP) is 4.99. The van der Waals surface area contributed by atoms with Gasteiger partial charge in [0.15, 0.2) is 0 Å². The Hall–Kier alpha value is -3.63. The summed E-state index contributed by atoms with van der Waals surface area (Å²) >= 11 is 0. The first kappa shape index (κ1) is 21.9. The van der Waals surface area contributed by atoms with E-state index in [0.29, 0.717) is 17.7 Å². The molecule has 3 aromatic rings. The molecule has 178 valence electrons. The Kier molecular flexibility index (Phi) is 5.15. The van der Waals surface area contributed by atoms with Crippen molar-refractivity contribution >= 4 is 11.7 Å². The fourth-order valence-electron chi connectivity index (χ4n) is 6.57. The molecule has 2 heterocycles. The minimum Gasteiger partial charge on any atom is -0.392 e. The summed E-state index contributed by atoms with van der Waals surface area (Å²) < 4.78 is 2.20. The molecule has 0 spiro atoms. The maximum Gasteiger partial charge on any atom is 0.319 e. The number of rotatable bonds is 5. The number of fused-ring (bicyclic) bond motifs is 6. The molecule has 4 aliphatic rings. The van der Waals surface area contributed by atoms with Crippen molar-refractivity contribution in [3.05, 3.63) is 72.2 Å². The van der Waals surface area contributed by atoms with Crippen LogP contribution in [0, 0.1) is 16.7 Å². The number of amides is 2. The molecule has 2 amide bonds. The SMILES string of the molecule is N#Cc1ccc(NC(=O)NC23CCC(C(O)CC4c5ccccc5-c5cncn54)(CC2)CC3)cc1. The van der Waals surface area contributed by atoms with Crippen molar-refractivity contribution < 1.29 is 9.90 Å². The average Bonchev–Trinajstić information content (AvgIpc) is 3.48. The average molecular weight is 468 g/mol. The van der Waals surface area contributed by atoms with E-state index in [0.717, 1.165) is 44.2 Å². The summed E-state index contributed by atoms with van der Waals surface area (Å²) in [5.74, 6) is 0. The summed E-state index contributed by atoms with van der Waals surface area (Å²) in [6.07, 6.45) is 9.44. The van der Waals surface area contributed by atoms with Crippen molar-refractivity contribution in [2.75, 3.05) is 5.32 Å². The van der Waals surface area contributed by atoms with Gasteiger partial charge in [0, 0.05) is 16.8 Å². The lowest BCUT2D eigenvalue weighted by atomic mass is 9.54. The highest BCUT2D eigenvalue weighted by molar-refractivity contribution is 5.89. The van der Waals surface area contributed by atoms with E-state index < -0.39 is 6.10 Å². The number of aromatic nitrogens is 2. The molecule has 1 aliphatic heterocycles. The standard InChI is InChI=1S/C28H29N5O2/c29-16-19-5-7-20(8-6-19)31-26(35)32-28-12-9-27(10-13-28,11-14-28)25(34)15-23-21-3-1-2-4-22(21)24-17-30-18-33(23)24/h1-8,17-18,23,25,34H,9-15H2,(H2,31,32,35). The van der Waals surface area contributed by atoms with Crippen molar-refractivity contribution in [1.29, 1.82) is 5.26 Å². The Morgan fingerprint density at radius 2 is 1.83 bits per heavy atom. The van der Waals surface area contributed by atoms with Gasteiger partial charge < -0.3 is 20.3 Å². The fourth-order valence-corrected chi connectivity index (χ4v) is 6.57. The normalized spacial score (nSPS) is 26.9. The van der Waals surface area contributed by atoms with Gasteiger partial charge >= 0.3 is 6.03 Å². The van der Waals surface area contributed by atoms with Crippen molar-refractivity contribution in [2.24, 2.45) is 5.41 Å². The highest BCUT2D eigenvalue weighted by atomic mass is 16.3. The Morgan fingerprint density at radius 1 is 1.11 bits per heavy atom. The van der Waals surface area contributed by atoms with E-state index in [4.69, 9.17) is 5.26 Å². The molecule has 3 fully saturated rings. The second kappa shape index (κ2) is 8.24. The van der Waals surface area contributed by atoms with E-state index in [1.54, 1.807) is 24.3 Å². The first-order chi connectivity index (χ1) is 17.0. The van der Waals surface area contributed by atoms with Crippen LogP contribution in [-0.4, -0.2) is 32.3 Å². The molecule has 3 saturated carbocycles. The third kappa shape index (κ3) is 3.69. The van der Waals surface area contributed by atoms with Crippen molar-refractivity contribution in [2.45, 2.75) is 62.6 Å². The lowest BCUT2D eigenvalue weighted by Crippen LogP contribution is -2.59. The summed E-state index contributed by atoms with van der Waals surface area (Å²) in [5.41, 5.74) is 4.53. The summed E-state index contributed by atoms with van der Waals surface area (Å²) in [4.78, 5) is 17.1. The van der Waals surface area contributed by atoms with Crippen molar-refractivity contribution in [3.8, 4) is 17.3 Å². The Bertz CT molecular complexity index is 1280. The maximum absolute atomic E-state index is 12.7. The maximum atomic E-state index is 12.7. The van der Waals surface area contributed by atoms with Crippen LogP contribution in [0.1, 0.15) is 62.1 Å². The first-order valence-corrected chi connectivity index (χ1v) is 12.4. The fraction of sp³-hybridized carbons (Fsp3) is 0.393. The number of hydrogen-bond acceptors (Lipinski definition) is 4. The molecule has 7 rings (SSSR count). The molecule has 7 heteroatoms. The van der Waals surface area contributed by atoms with E-state index in [1.165, 1.54) is 11.1 Å². The third-order valence-corrected chi connectivity index (χ3v) is 8.71. The van der Waals surface area contributed by atoms with Crippen molar-refractivity contribution in [1.82, 2.24) is 14.9 Å². The Labute approximate surface area is 204 Å². The van der Waals surface area contributed by atoms with Gasteiger partial charge in [-0.2, -0.15) is 5.26 Å². The Balaban J connectivity index is 1.11. The summed E-state index contributed by atoms with van der Waals surface area (Å²) in [7, 11) is 0. The van der Waals surface area contributed by atoms with Crippen LogP contribution in [0.2, 0.25) is 0 Å². The third-order valence-electron chi connectivity index (χ3n) is 8.71. The number of carbonyl (C=O) groups excluding carboxylic acids is 1. The van der Waals surface area contributed by atoms with Gasteiger partial charge in [-0.05, 0) is 80.2 Å². The smallest absolute Gasteiger partial charge is 0.319 e. The number of benzene rings is 2. The van der Waals surface area contributed by atoms with E-state index in [9.17, 15) is 9.90 Å². The molecule has 1 aromatic heterocycles. The number of imidazole rings is 1. The van der Waals surface area contributed by atoms with E-state index in [-0.39, 0.29) is 23.0 Å². The van der Waals surface area contributed by atoms with Crippen LogP contribution in [0.15, 0.2) is 61.1 Å². The summed E-state index contributed by atoms with van der Waals surface area (Å²) in [5, 5.41) is 26.6. The molecule has 2 unspecified atom stereocenters. The molecule has 0 saturated heterocycles. The summed E-state index contributed by atoms with van der Waals surface area (Å²) in [6.45, 7) is 0. The zero-order valence-electron chi connectivity index (χ0n) is 19.6. The number of urea groups is 1. The highest BCUT2D eigenvalue weighted by Gasteiger charge is 2.53. The van der Waals surface area contributed by atoms with Crippen LogP contribution in [0.4, 0.5) is 10.5 Å². The van der Waals surface area contributed by atoms with Crippen LogP contribution in [0.3, 0.4) is 0 Å². The van der Waals surface area contributed by atoms with Crippen LogP contribution in [0.5, 0.6) is 0 Å². The largest absolute Gasteiger partial charge is 0.392 e. The van der Waals surface area contributed by atoms with Crippen molar-refractivity contribution in [3.63, 3.8) is 0 Å². The van der Waals surface area contributed by atoms with E-state index >= 15 is 0 Å². The second-order valence-corrected chi connectivity index (χ2v) is 10.5. The number of carbonyl (C=O) groups is 1. The quantitative estimate of drug-likeness (QED) is 0.492. The lowest BCUT2D eigenvalue weighted by Gasteiger charge is -2.55. The first-order valence-electron chi connectivity index (χ1n) is 12.4. The Morgan fingerprint density at radius 3 is 2.54 bits per heavy atom. The zero-order valence-corrected chi connectivity index (χ0v) is 19.6. The van der Waals surface area contributed by atoms with Gasteiger partial charge in [-0.15, -0.1) is 0 Å². The topological polar surface area (TPSA) is 103 Å². The molecule has 2 bridgehead atoms. The molecular formula is C28H29N5O2. The number of aliphatic hydroxyl groups is 1. The molecule has 2 atom stereocenters. The summed E-state index contributed by atoms with van der Waals surface area (Å²) in [6, 6.07) is 17.3. The van der Waals surface area contributed by atoms with E-state index in [2.05, 4.69) is 50.5 Å². The van der Waals surface area contributed by atoms with Gasteiger partial charge in [0.2, 0.25) is 0 Å². The minimum atomic E-state index is -0.403. The lowest BCUT2D eigenvalue weighted by molar-refractivity contribution is -0.0732. The molecule has 3 N–H and O–H groups in total. The molecule has 3 aliphatic carbocycles. The molecule has 2 aromatic carbocycles. The van der Waals surface area contributed by atoms with Crippen LogP contribution in [-0.2, 0) is 0 Å². The number of hydrogen-bond donors (Lipinski definition) is 3. The molecule has 35 heavy (non-hydrogen) atoms. The molecule has 0 radical (unpaired) electrons.